The smallest absolute Gasteiger partial charge is 0.308 e. The number of carbonyl (C=O) groups is 1. The van der Waals surface area contributed by atoms with Crippen molar-refractivity contribution in [2.75, 3.05) is 13.2 Å². The molecule has 0 bridgehead atoms. The van der Waals surface area contributed by atoms with Crippen molar-refractivity contribution in [3.63, 3.8) is 0 Å². The Hall–Kier alpha value is -0.830. The minimum atomic E-state index is -0.816. The van der Waals surface area contributed by atoms with Crippen molar-refractivity contribution in [3.8, 4) is 0 Å². The molecule has 0 radical (unpaired) electrons. The van der Waals surface area contributed by atoms with E-state index in [0.717, 1.165) is 6.42 Å². The Morgan fingerprint density at radius 3 is 2.91 bits per heavy atom. The minimum Gasteiger partial charge on any atom is -0.481 e. The monoisotopic (exact) mass is 158 g/mol. The number of rotatable bonds is 6. The molecule has 1 atom stereocenters. The second kappa shape index (κ2) is 5.92. The van der Waals surface area contributed by atoms with Gasteiger partial charge in [-0.15, -0.1) is 6.58 Å². The summed E-state index contributed by atoms with van der Waals surface area (Å²) in [7, 11) is 0. The van der Waals surface area contributed by atoms with E-state index in [1.807, 2.05) is 0 Å². The van der Waals surface area contributed by atoms with Crippen LogP contribution in [0, 0.1) is 5.92 Å². The molecule has 1 unspecified atom stereocenters. The first-order valence-corrected chi connectivity index (χ1v) is 3.60. The highest BCUT2D eigenvalue weighted by atomic mass is 16.5. The molecule has 0 rings (SSSR count). The van der Waals surface area contributed by atoms with Gasteiger partial charge in [-0.25, -0.2) is 0 Å². The summed E-state index contributed by atoms with van der Waals surface area (Å²) in [5, 5.41) is 8.44. The van der Waals surface area contributed by atoms with Crippen molar-refractivity contribution in [2.24, 2.45) is 5.92 Å². The van der Waals surface area contributed by atoms with Crippen LogP contribution in [0.2, 0.25) is 0 Å². The van der Waals surface area contributed by atoms with Crippen molar-refractivity contribution in [3.05, 3.63) is 12.7 Å². The predicted molar refractivity (Wildman–Crippen MR) is 42.4 cm³/mol. The summed E-state index contributed by atoms with van der Waals surface area (Å²) in [6.45, 7) is 5.98. The van der Waals surface area contributed by atoms with Crippen LogP contribution in [0.25, 0.3) is 0 Å². The molecule has 0 aliphatic carbocycles. The lowest BCUT2D eigenvalue weighted by Gasteiger charge is -2.05. The lowest BCUT2D eigenvalue weighted by molar-refractivity contribution is -0.143. The van der Waals surface area contributed by atoms with Gasteiger partial charge in [-0.2, -0.15) is 0 Å². The van der Waals surface area contributed by atoms with Crippen LogP contribution in [-0.4, -0.2) is 24.3 Å². The molecule has 1 N–H and O–H groups in total. The summed E-state index contributed by atoms with van der Waals surface area (Å²) in [5.41, 5.74) is 0. The van der Waals surface area contributed by atoms with Crippen LogP contribution in [0.4, 0.5) is 0 Å². The molecule has 3 heteroatoms. The van der Waals surface area contributed by atoms with Gasteiger partial charge in [-0.1, -0.05) is 6.08 Å². The summed E-state index contributed by atoms with van der Waals surface area (Å²) in [5.74, 6) is -1.23. The first-order valence-electron chi connectivity index (χ1n) is 3.60. The van der Waals surface area contributed by atoms with Crippen LogP contribution < -0.4 is 0 Å². The molecule has 0 aliphatic heterocycles. The molecular formula is C8H14O3. The average Bonchev–Trinajstić information content (AvgIpc) is 1.97. The summed E-state index contributed by atoms with van der Waals surface area (Å²) < 4.78 is 5.05. The van der Waals surface area contributed by atoms with Crippen LogP contribution >= 0.6 is 0 Å². The van der Waals surface area contributed by atoms with E-state index < -0.39 is 11.9 Å². The molecule has 0 aromatic carbocycles. The fourth-order valence-electron chi connectivity index (χ4n) is 0.498. The molecule has 3 nitrogen and oxygen atoms in total. The van der Waals surface area contributed by atoms with Crippen molar-refractivity contribution < 1.29 is 14.6 Å². The Morgan fingerprint density at radius 1 is 1.82 bits per heavy atom. The van der Waals surface area contributed by atoms with Crippen LogP contribution in [0.15, 0.2) is 12.7 Å². The maximum Gasteiger partial charge on any atom is 0.308 e. The minimum absolute atomic E-state index is 0.281. The number of hydrogen-bond acceptors (Lipinski definition) is 2. The highest BCUT2D eigenvalue weighted by Crippen LogP contribution is 1.95. The zero-order valence-electron chi connectivity index (χ0n) is 6.75. The van der Waals surface area contributed by atoms with Gasteiger partial charge in [0, 0.05) is 0 Å². The summed E-state index contributed by atoms with van der Waals surface area (Å²) >= 11 is 0. The molecule has 0 aromatic heterocycles. The van der Waals surface area contributed by atoms with Gasteiger partial charge in [-0.05, 0) is 13.3 Å². The SMILES string of the molecule is C=CCCOCC(C)C(=O)O. The summed E-state index contributed by atoms with van der Waals surface area (Å²) in [6.07, 6.45) is 2.51. The number of carboxylic acids is 1. The van der Waals surface area contributed by atoms with Gasteiger partial charge in [0.15, 0.2) is 0 Å². The van der Waals surface area contributed by atoms with Crippen molar-refractivity contribution >= 4 is 5.97 Å². The Kier molecular flexibility index (Phi) is 5.47. The molecule has 0 amide bonds. The lowest BCUT2D eigenvalue weighted by Crippen LogP contribution is -2.16. The number of hydrogen-bond donors (Lipinski definition) is 1. The lowest BCUT2D eigenvalue weighted by atomic mass is 10.2. The Bertz CT molecular complexity index is 131. The van der Waals surface area contributed by atoms with Gasteiger partial charge < -0.3 is 9.84 Å². The highest BCUT2D eigenvalue weighted by molar-refractivity contribution is 5.69. The van der Waals surface area contributed by atoms with Crippen LogP contribution in [0.1, 0.15) is 13.3 Å². The molecule has 0 saturated carbocycles. The van der Waals surface area contributed by atoms with Crippen LogP contribution in [-0.2, 0) is 9.53 Å². The first kappa shape index (κ1) is 10.2. The molecule has 0 aromatic rings. The Balaban J connectivity index is 3.24. The first-order chi connectivity index (χ1) is 5.18. The fraction of sp³-hybridized carbons (Fsp3) is 0.625. The van der Waals surface area contributed by atoms with Gasteiger partial charge in [0.1, 0.15) is 0 Å². The maximum absolute atomic E-state index is 10.3. The topological polar surface area (TPSA) is 46.5 Å². The Labute approximate surface area is 66.7 Å². The zero-order valence-corrected chi connectivity index (χ0v) is 6.75. The fourth-order valence-corrected chi connectivity index (χ4v) is 0.498. The van der Waals surface area contributed by atoms with Gasteiger partial charge in [0.05, 0.1) is 19.1 Å². The van der Waals surface area contributed by atoms with E-state index in [2.05, 4.69) is 6.58 Å². The highest BCUT2D eigenvalue weighted by Gasteiger charge is 2.09. The van der Waals surface area contributed by atoms with Crippen LogP contribution in [0.5, 0.6) is 0 Å². The van der Waals surface area contributed by atoms with Gasteiger partial charge in [-0.3, -0.25) is 4.79 Å². The number of ether oxygens (including phenoxy) is 1. The standard InChI is InChI=1S/C8H14O3/c1-3-4-5-11-6-7(2)8(9)10/h3,7H,1,4-6H2,2H3,(H,9,10). The maximum atomic E-state index is 10.3. The van der Waals surface area contributed by atoms with Gasteiger partial charge in [0.2, 0.25) is 0 Å². The van der Waals surface area contributed by atoms with E-state index >= 15 is 0 Å². The van der Waals surface area contributed by atoms with E-state index in [4.69, 9.17) is 9.84 Å². The molecular weight excluding hydrogens is 144 g/mol. The molecule has 0 saturated heterocycles. The Morgan fingerprint density at radius 2 is 2.45 bits per heavy atom. The quantitative estimate of drug-likeness (QED) is 0.468. The van der Waals surface area contributed by atoms with E-state index in [1.54, 1.807) is 13.0 Å². The van der Waals surface area contributed by atoms with E-state index in [9.17, 15) is 4.79 Å². The predicted octanol–water partition coefficient (Wildman–Crippen LogP) is 1.30. The molecule has 11 heavy (non-hydrogen) atoms. The molecule has 0 heterocycles. The van der Waals surface area contributed by atoms with Crippen molar-refractivity contribution in [1.82, 2.24) is 0 Å². The second-order valence-electron chi connectivity index (χ2n) is 2.39. The van der Waals surface area contributed by atoms with Crippen molar-refractivity contribution in [1.29, 1.82) is 0 Å². The second-order valence-corrected chi connectivity index (χ2v) is 2.39. The van der Waals surface area contributed by atoms with Crippen molar-refractivity contribution in [2.45, 2.75) is 13.3 Å². The average molecular weight is 158 g/mol. The van der Waals surface area contributed by atoms with Gasteiger partial charge in [0.25, 0.3) is 0 Å². The summed E-state index contributed by atoms with van der Waals surface area (Å²) in [6, 6.07) is 0. The van der Waals surface area contributed by atoms with E-state index in [-0.39, 0.29) is 6.61 Å². The number of carboxylic acid groups (broad SMARTS) is 1. The third-order valence-electron chi connectivity index (χ3n) is 1.26. The van der Waals surface area contributed by atoms with Gasteiger partial charge >= 0.3 is 5.97 Å². The summed E-state index contributed by atoms with van der Waals surface area (Å²) in [4.78, 5) is 10.3. The van der Waals surface area contributed by atoms with E-state index in [1.165, 1.54) is 0 Å². The zero-order chi connectivity index (χ0) is 8.69. The number of aliphatic carboxylic acids is 1. The molecule has 64 valence electrons. The third kappa shape index (κ3) is 5.61. The molecule has 0 fully saturated rings. The normalized spacial score (nSPS) is 12.5. The molecule has 0 aliphatic rings. The largest absolute Gasteiger partial charge is 0.481 e. The van der Waals surface area contributed by atoms with Crippen LogP contribution in [0.3, 0.4) is 0 Å². The molecule has 0 spiro atoms. The third-order valence-corrected chi connectivity index (χ3v) is 1.26. The van der Waals surface area contributed by atoms with E-state index in [0.29, 0.717) is 6.61 Å².